The summed E-state index contributed by atoms with van der Waals surface area (Å²) >= 11 is 7.89. The number of nitrogens with zero attached hydrogens (tertiary/aromatic N) is 8. The number of pyridine rings is 2. The summed E-state index contributed by atoms with van der Waals surface area (Å²) in [6, 6.07) is 26.3. The van der Waals surface area contributed by atoms with E-state index in [9.17, 15) is 86.6 Å². The van der Waals surface area contributed by atoms with Gasteiger partial charge in [-0.3, -0.25) is 47.3 Å². The van der Waals surface area contributed by atoms with E-state index in [1.165, 1.54) is 0 Å². The zero-order valence-corrected chi connectivity index (χ0v) is 67.4. The lowest BCUT2D eigenvalue weighted by Crippen LogP contribution is -2.42. The van der Waals surface area contributed by atoms with Gasteiger partial charge in [0, 0.05) is 120 Å². The zero-order valence-electron chi connectivity index (χ0n) is 60.4. The highest BCUT2D eigenvalue weighted by Crippen LogP contribution is 2.67. The summed E-state index contributed by atoms with van der Waals surface area (Å²) < 4.78 is 102. The number of fused-ring (bicyclic) bond motifs is 6. The Morgan fingerprint density at radius 2 is 0.856 bits per heavy atom. The fraction of sp³-hybridized carbons (Fsp3) is 0.333. The number of aromatic nitrogens is 10. The van der Waals surface area contributed by atoms with Crippen LogP contribution in [-0.4, -0.2) is 179 Å². The Labute approximate surface area is 671 Å². The SMILES string of the molecule is Nc1ccc2cc3ccc(N)cc3[n+](CCCC(=O)NCCNC(=O)O[C@@H]3[C@H](O)[C@@H](COP(=O)(O)OP(=O)(O)OP([O-])(O)=S)O[C@H]3n3cnc4c(=O)[nH]c(N)nc43)c2c1.Nc1ccc2cc3ccc(N)cc3[n+](CCCC(=O)NCCNC(=O)O[C@H]3[C@@H](O)[C@H](n4cnc5c(=O)[nH]c(N)nc54)O[C@@H]3COP(=O)(O)OP(=O)(O)OP([O-])(O)=S)c2c1. The van der Waals surface area contributed by atoms with Gasteiger partial charge in [-0.25, -0.2) is 46.4 Å². The molecule has 4 amide bonds. The molecule has 2 saturated heterocycles. The van der Waals surface area contributed by atoms with Crippen molar-refractivity contribution >= 4 is 193 Å². The molecule has 636 valence electrons. The number of rotatable bonds is 32. The zero-order chi connectivity index (χ0) is 85.7. The van der Waals surface area contributed by atoms with Crippen LogP contribution in [0.1, 0.15) is 38.1 Å². The Hall–Kier alpha value is -9.30. The molecular formula is C60H74N20O30P6S2. The Morgan fingerprint density at radius 3 is 1.25 bits per heavy atom. The number of nitrogen functional groups attached to an aromatic ring is 6. The second-order valence-electron chi connectivity index (χ2n) is 25.8. The smallest absolute Gasteiger partial charge is 0.485 e. The number of aromatic amines is 2. The summed E-state index contributed by atoms with van der Waals surface area (Å²) in [4.78, 5) is 176. The summed E-state index contributed by atoms with van der Waals surface area (Å²) in [5, 5.41) is 36.4. The van der Waals surface area contributed by atoms with Crippen molar-refractivity contribution in [1.82, 2.24) is 60.3 Å². The number of carbonyl (C=O) groups excluding carboxylic acids is 4. The minimum atomic E-state index is -5.75. The minimum Gasteiger partial charge on any atom is -0.779 e. The topological polar surface area (TPSA) is 776 Å². The largest absolute Gasteiger partial charge is 0.779 e. The van der Waals surface area contributed by atoms with E-state index in [-0.39, 0.29) is 85.1 Å². The summed E-state index contributed by atoms with van der Waals surface area (Å²) in [7, 11) is -22.7. The molecule has 12 rings (SSSR count). The van der Waals surface area contributed by atoms with E-state index in [1.807, 2.05) is 69.8 Å². The van der Waals surface area contributed by atoms with E-state index in [4.69, 9.17) is 67.7 Å². The van der Waals surface area contributed by atoms with Gasteiger partial charge in [-0.2, -0.15) is 27.7 Å². The summed E-state index contributed by atoms with van der Waals surface area (Å²) in [5.74, 6) is -1.31. The van der Waals surface area contributed by atoms with Crippen LogP contribution in [0.5, 0.6) is 0 Å². The maximum Gasteiger partial charge on any atom is 0.485 e. The number of hydrogen-bond donors (Lipinski definition) is 20. The molecular weight excluding hydrogens is 1730 g/mol. The second-order valence-corrected chi connectivity index (χ2v) is 37.3. The Bertz CT molecular complexity index is 5840. The highest BCUT2D eigenvalue weighted by molar-refractivity contribution is 8.07. The first-order valence-corrected chi connectivity index (χ1v) is 45.4. The van der Waals surface area contributed by atoms with Crippen molar-refractivity contribution in [2.45, 2.75) is 87.9 Å². The van der Waals surface area contributed by atoms with Crippen LogP contribution < -0.4 is 85.7 Å². The van der Waals surface area contributed by atoms with Crippen LogP contribution in [0.3, 0.4) is 0 Å². The number of benzene rings is 4. The molecule has 4 aromatic carbocycles. The van der Waals surface area contributed by atoms with Crippen LogP contribution in [0.25, 0.3) is 65.9 Å². The van der Waals surface area contributed by atoms with E-state index in [0.717, 1.165) is 65.4 Å². The molecule has 0 bridgehead atoms. The van der Waals surface area contributed by atoms with Gasteiger partial charge in [0.1, 0.15) is 50.9 Å². The molecule has 0 saturated carbocycles. The molecule has 2 aliphatic heterocycles. The van der Waals surface area contributed by atoms with Crippen LogP contribution in [0.2, 0.25) is 0 Å². The van der Waals surface area contributed by atoms with E-state index < -0.39 is 130 Å². The summed E-state index contributed by atoms with van der Waals surface area (Å²) in [6.07, 6.45) is -12.7. The van der Waals surface area contributed by atoms with E-state index in [1.54, 1.807) is 24.3 Å². The van der Waals surface area contributed by atoms with Gasteiger partial charge in [-0.15, -0.1) is 0 Å². The van der Waals surface area contributed by atoms with E-state index in [2.05, 4.69) is 96.6 Å². The maximum atomic E-state index is 13.0. The first-order chi connectivity index (χ1) is 55.4. The highest BCUT2D eigenvalue weighted by atomic mass is 32.5. The number of nitrogens with one attached hydrogen (secondary N) is 6. The third kappa shape index (κ3) is 23.2. The van der Waals surface area contributed by atoms with E-state index >= 15 is 0 Å². The van der Waals surface area contributed by atoms with Gasteiger partial charge in [-0.1, -0.05) is 23.6 Å². The number of H-pyrrole nitrogens is 2. The summed E-state index contributed by atoms with van der Waals surface area (Å²) in [5.41, 5.74) is 39.0. The molecule has 8 heterocycles. The molecule has 118 heavy (non-hydrogen) atoms. The predicted octanol–water partition coefficient (Wildman–Crippen LogP) is -1.52. The molecule has 6 unspecified atom stereocenters. The number of amides is 4. The number of carbonyl (C=O) groups is 4. The van der Waals surface area contributed by atoms with Crippen LogP contribution in [0, 0.1) is 0 Å². The molecule has 0 spiro atoms. The molecule has 2 fully saturated rings. The number of aliphatic hydroxyl groups excluding tert-OH is 2. The Kier molecular flexibility index (Phi) is 27.9. The quantitative estimate of drug-likeness (QED) is 0.00748. The minimum absolute atomic E-state index is 0.0332. The average Bonchev–Trinajstić information content (AvgIpc) is 1.34. The fourth-order valence-electron chi connectivity index (χ4n) is 12.4. The molecule has 14 atom stereocenters. The number of aliphatic hydroxyl groups is 2. The van der Waals surface area contributed by atoms with Crippen LogP contribution in [-0.2, 0) is 110 Å². The van der Waals surface area contributed by atoms with Gasteiger partial charge in [0.2, 0.25) is 45.8 Å². The lowest BCUT2D eigenvalue weighted by Gasteiger charge is -2.24. The molecule has 0 aliphatic carbocycles. The van der Waals surface area contributed by atoms with E-state index in [0.29, 0.717) is 48.7 Å². The van der Waals surface area contributed by atoms with Gasteiger partial charge in [0.25, 0.3) is 11.1 Å². The fourth-order valence-corrected chi connectivity index (χ4v) is 19.9. The number of phosphoric ester groups is 2. The molecule has 2 aliphatic rings. The van der Waals surface area contributed by atoms with Crippen molar-refractivity contribution in [3.63, 3.8) is 0 Å². The lowest BCUT2D eigenvalue weighted by molar-refractivity contribution is -0.645. The standard InChI is InChI=1S/2C30H37N10O15P3S/c31-17-5-3-15-10-16-4-6-18(32)12-20(16)39(19(15)11-17)9-1-2-22(41)34-7-8-35-30(44)53-25-21(13-51-56(45,46)54-57(47,48)55-58(49,50)59)52-28(24(25)42)40-14-36-23-26(40)37-29(33)38-27(23)43;31-17-5-3-15-10-16-4-6-18(32)12-20(16)39(19(15)11-17)9-1-2-22(41)34-7-8-35-30(44)53-25-24(42)21(13-51-56(45,46)54-57(47,48)55-58(49,50)59)52-28(25)40-14-36-23-26(40)37-29(33)38-27(23)43/h2*3-6,10-12,14,21,24-25,28,42H,1-2,7-9,13H2,(H12,31,32,33,34,35,37,38,41,43,44,45,46,47,48,49,50,59)/t2*21-,24-,25-,28-/m11/s1. The number of alkyl carbamates (subject to hydrolysis) is 2. The normalized spacial score (nSPS) is 21.2. The maximum absolute atomic E-state index is 13.0. The molecule has 58 heteroatoms. The molecule has 10 aromatic rings. The summed E-state index contributed by atoms with van der Waals surface area (Å²) in [6.45, 7) is -11.9. The molecule has 26 N–H and O–H groups in total. The first-order valence-electron chi connectivity index (χ1n) is 34.3. The van der Waals surface area contributed by atoms with Gasteiger partial charge in [-0.05, 0) is 60.7 Å². The number of imidazole rings is 2. The third-order valence-corrected chi connectivity index (χ3v) is 25.9. The van der Waals surface area contributed by atoms with Crippen molar-refractivity contribution in [1.29, 1.82) is 0 Å². The van der Waals surface area contributed by atoms with Crippen molar-refractivity contribution < 1.29 is 141 Å². The van der Waals surface area contributed by atoms with Crippen LogP contribution in [0.15, 0.2) is 107 Å². The van der Waals surface area contributed by atoms with Crippen molar-refractivity contribution in [3.8, 4) is 0 Å². The second kappa shape index (κ2) is 36.7. The number of phosphoric acid groups is 4. The average molecular weight is 1810 g/mol. The number of hydrogen-bond acceptors (Lipinski definition) is 36. The molecule has 50 nitrogen and oxygen atoms in total. The van der Waals surface area contributed by atoms with Crippen molar-refractivity contribution in [2.24, 2.45) is 0 Å². The van der Waals surface area contributed by atoms with Crippen LogP contribution >= 0.6 is 44.7 Å². The number of anilines is 6. The van der Waals surface area contributed by atoms with Gasteiger partial charge in [0.05, 0.1) is 25.9 Å². The molecule has 6 aromatic heterocycles. The number of nitrogens with two attached hydrogens (primary N) is 6. The Balaban J connectivity index is 0.000000231. The lowest BCUT2D eigenvalue weighted by atomic mass is 10.1. The third-order valence-electron chi connectivity index (χ3n) is 17.2. The first kappa shape index (κ1) is 89.5. The van der Waals surface area contributed by atoms with Crippen molar-refractivity contribution in [2.75, 3.05) is 73.8 Å². The Morgan fingerprint density at radius 1 is 0.500 bits per heavy atom. The van der Waals surface area contributed by atoms with Crippen LogP contribution in [0.4, 0.5) is 44.2 Å². The monoisotopic (exact) mass is 1800 g/mol. The van der Waals surface area contributed by atoms with Gasteiger partial charge < -0.3 is 124 Å². The van der Waals surface area contributed by atoms with Crippen molar-refractivity contribution in [3.05, 3.63) is 118 Å². The van der Waals surface area contributed by atoms with Gasteiger partial charge in [0.15, 0.2) is 47.0 Å². The molecule has 0 radical (unpaired) electrons. The highest BCUT2D eigenvalue weighted by Gasteiger charge is 2.52. The predicted molar refractivity (Wildman–Crippen MR) is 415 cm³/mol. The number of aryl methyl sites for hydroxylation is 2. The number of ether oxygens (including phenoxy) is 4. The van der Waals surface area contributed by atoms with Gasteiger partial charge >= 0.3 is 43.5 Å².